The fourth-order valence-corrected chi connectivity index (χ4v) is 4.21. The first-order valence-corrected chi connectivity index (χ1v) is 8.87. The van der Waals surface area contributed by atoms with Crippen LogP contribution >= 0.6 is 11.8 Å². The molecule has 0 radical (unpaired) electrons. The Morgan fingerprint density at radius 1 is 1.25 bits per heavy atom. The van der Waals surface area contributed by atoms with Crippen molar-refractivity contribution >= 4 is 27.8 Å². The molecule has 0 amide bonds. The molecular weight excluding hydrogens is 298 g/mol. The van der Waals surface area contributed by atoms with E-state index in [0.29, 0.717) is 10.1 Å². The maximum absolute atomic E-state index is 11.3. The summed E-state index contributed by atoms with van der Waals surface area (Å²) in [5.74, 6) is -1.13. The molecule has 1 fully saturated rings. The number of carboxylic acid groups (broad SMARTS) is 1. The zero-order chi connectivity index (χ0) is 14.8. The van der Waals surface area contributed by atoms with Crippen LogP contribution in [0, 0.1) is 0 Å². The molecule has 20 heavy (non-hydrogen) atoms. The lowest BCUT2D eigenvalue weighted by Gasteiger charge is -2.21. The summed E-state index contributed by atoms with van der Waals surface area (Å²) in [7, 11) is -3.88. The summed E-state index contributed by atoms with van der Waals surface area (Å²) in [5.41, 5.74) is 0.00657. The highest BCUT2D eigenvalue weighted by molar-refractivity contribution is 8.00. The molecule has 0 atom stereocenters. The van der Waals surface area contributed by atoms with E-state index in [4.69, 9.17) is 5.14 Å². The highest BCUT2D eigenvalue weighted by atomic mass is 32.2. The van der Waals surface area contributed by atoms with Gasteiger partial charge in [-0.25, -0.2) is 18.4 Å². The molecule has 7 heteroatoms. The minimum atomic E-state index is -3.88. The van der Waals surface area contributed by atoms with E-state index in [9.17, 15) is 18.3 Å². The highest BCUT2D eigenvalue weighted by Crippen LogP contribution is 2.35. The van der Waals surface area contributed by atoms with Crippen molar-refractivity contribution in [1.82, 2.24) is 0 Å². The van der Waals surface area contributed by atoms with Gasteiger partial charge in [0.15, 0.2) is 0 Å². The number of benzene rings is 1. The van der Waals surface area contributed by atoms with Crippen molar-refractivity contribution in [3.63, 3.8) is 0 Å². The van der Waals surface area contributed by atoms with Crippen LogP contribution in [0.1, 0.15) is 42.5 Å². The van der Waals surface area contributed by atoms with E-state index in [1.165, 1.54) is 24.2 Å². The van der Waals surface area contributed by atoms with Crippen molar-refractivity contribution in [2.45, 2.75) is 47.1 Å². The second kappa shape index (κ2) is 6.15. The Bertz CT molecular complexity index is 607. The molecule has 0 saturated heterocycles. The van der Waals surface area contributed by atoms with Crippen LogP contribution < -0.4 is 5.14 Å². The van der Waals surface area contributed by atoms with Gasteiger partial charge in [-0.2, -0.15) is 0 Å². The van der Waals surface area contributed by atoms with Crippen molar-refractivity contribution in [2.24, 2.45) is 5.14 Å². The third-order valence-corrected chi connectivity index (χ3v) is 5.68. The van der Waals surface area contributed by atoms with Crippen molar-refractivity contribution in [2.75, 3.05) is 0 Å². The minimum absolute atomic E-state index is 0.00657. The second-order valence-corrected chi connectivity index (χ2v) is 7.79. The lowest BCUT2D eigenvalue weighted by atomic mass is 10.0. The Hall–Kier alpha value is -1.05. The van der Waals surface area contributed by atoms with Gasteiger partial charge in [0.05, 0.1) is 10.5 Å². The molecule has 110 valence electrons. The average molecular weight is 315 g/mol. The zero-order valence-corrected chi connectivity index (χ0v) is 12.5. The van der Waals surface area contributed by atoms with Crippen LogP contribution in [0.4, 0.5) is 0 Å². The monoisotopic (exact) mass is 315 g/mol. The first-order valence-electron chi connectivity index (χ1n) is 6.45. The van der Waals surface area contributed by atoms with Gasteiger partial charge < -0.3 is 5.11 Å². The van der Waals surface area contributed by atoms with Gasteiger partial charge in [0.2, 0.25) is 10.0 Å². The molecule has 0 aliphatic heterocycles. The summed E-state index contributed by atoms with van der Waals surface area (Å²) in [4.78, 5) is 11.7. The molecule has 0 aromatic heterocycles. The number of carbonyl (C=O) groups is 1. The lowest BCUT2D eigenvalue weighted by molar-refractivity contribution is 0.0693. The predicted octanol–water partition coefficient (Wildman–Crippen LogP) is 2.46. The Labute approximate surface area is 122 Å². The Morgan fingerprint density at radius 3 is 2.45 bits per heavy atom. The van der Waals surface area contributed by atoms with Crippen LogP contribution in [0.5, 0.6) is 0 Å². The predicted molar refractivity (Wildman–Crippen MR) is 77.5 cm³/mol. The zero-order valence-electron chi connectivity index (χ0n) is 10.9. The van der Waals surface area contributed by atoms with Crippen LogP contribution in [-0.4, -0.2) is 24.7 Å². The van der Waals surface area contributed by atoms with Gasteiger partial charge in [-0.15, -0.1) is 11.8 Å². The van der Waals surface area contributed by atoms with Gasteiger partial charge in [0, 0.05) is 10.1 Å². The van der Waals surface area contributed by atoms with E-state index in [1.807, 2.05) is 0 Å². The molecule has 2 rings (SSSR count). The van der Waals surface area contributed by atoms with Gasteiger partial charge in [-0.05, 0) is 31.0 Å². The van der Waals surface area contributed by atoms with E-state index in [2.05, 4.69) is 0 Å². The van der Waals surface area contributed by atoms with E-state index >= 15 is 0 Å². The number of thioether (sulfide) groups is 1. The molecular formula is C13H17NO4S2. The average Bonchev–Trinajstić information content (AvgIpc) is 2.38. The third-order valence-electron chi connectivity index (χ3n) is 3.36. The molecule has 0 bridgehead atoms. The summed E-state index contributed by atoms with van der Waals surface area (Å²) < 4.78 is 22.6. The summed E-state index contributed by atoms with van der Waals surface area (Å²) in [6, 6.07) is 4.05. The van der Waals surface area contributed by atoms with E-state index < -0.39 is 16.0 Å². The SMILES string of the molecule is NS(=O)(=O)c1ccc(SC2CCCCC2)c(C(=O)O)c1. The smallest absolute Gasteiger partial charge is 0.336 e. The maximum atomic E-state index is 11.3. The standard InChI is InChI=1S/C13H17NO4S2/c14-20(17,18)10-6-7-12(11(8-10)13(15)16)19-9-4-2-1-3-5-9/h6-9H,1-5H2,(H,15,16)(H2,14,17,18). The minimum Gasteiger partial charge on any atom is -0.478 e. The number of hydrogen-bond donors (Lipinski definition) is 2. The molecule has 1 aliphatic rings. The van der Waals surface area contributed by atoms with Crippen LogP contribution in [0.15, 0.2) is 28.0 Å². The van der Waals surface area contributed by atoms with Crippen molar-refractivity contribution in [3.05, 3.63) is 23.8 Å². The van der Waals surface area contributed by atoms with E-state index in [-0.39, 0.29) is 10.5 Å². The van der Waals surface area contributed by atoms with Gasteiger partial charge in [0.25, 0.3) is 0 Å². The van der Waals surface area contributed by atoms with E-state index in [0.717, 1.165) is 31.7 Å². The number of rotatable bonds is 4. The first-order chi connectivity index (χ1) is 9.38. The van der Waals surface area contributed by atoms with Crippen LogP contribution in [0.3, 0.4) is 0 Å². The Kier molecular flexibility index (Phi) is 4.72. The normalized spacial score (nSPS) is 17.1. The molecule has 1 saturated carbocycles. The first kappa shape index (κ1) is 15.3. The van der Waals surface area contributed by atoms with Crippen molar-refractivity contribution in [3.8, 4) is 0 Å². The fraction of sp³-hybridized carbons (Fsp3) is 0.462. The van der Waals surface area contributed by atoms with Gasteiger partial charge in [0.1, 0.15) is 0 Å². The molecule has 3 N–H and O–H groups in total. The van der Waals surface area contributed by atoms with Gasteiger partial charge >= 0.3 is 5.97 Å². The molecule has 1 aliphatic carbocycles. The van der Waals surface area contributed by atoms with Crippen molar-refractivity contribution in [1.29, 1.82) is 0 Å². The molecule has 5 nitrogen and oxygen atoms in total. The number of aromatic carboxylic acids is 1. The summed E-state index contributed by atoms with van der Waals surface area (Å²) in [6.07, 6.45) is 5.69. The molecule has 0 spiro atoms. The molecule has 0 unspecified atom stereocenters. The summed E-state index contributed by atoms with van der Waals surface area (Å²) >= 11 is 1.52. The number of primary sulfonamides is 1. The number of nitrogens with two attached hydrogens (primary N) is 1. The summed E-state index contributed by atoms with van der Waals surface area (Å²) in [5, 5.41) is 14.7. The topological polar surface area (TPSA) is 97.5 Å². The fourth-order valence-electron chi connectivity index (χ4n) is 2.32. The van der Waals surface area contributed by atoms with Gasteiger partial charge in [-0.1, -0.05) is 19.3 Å². The number of sulfonamides is 1. The van der Waals surface area contributed by atoms with E-state index in [1.54, 1.807) is 6.07 Å². The summed E-state index contributed by atoms with van der Waals surface area (Å²) in [6.45, 7) is 0. The maximum Gasteiger partial charge on any atom is 0.336 e. The Morgan fingerprint density at radius 2 is 1.90 bits per heavy atom. The van der Waals surface area contributed by atoms with Crippen LogP contribution in [0.2, 0.25) is 0 Å². The highest BCUT2D eigenvalue weighted by Gasteiger charge is 2.20. The quantitative estimate of drug-likeness (QED) is 0.889. The van der Waals surface area contributed by atoms with Crippen molar-refractivity contribution < 1.29 is 18.3 Å². The Balaban J connectivity index is 2.30. The van der Waals surface area contributed by atoms with Gasteiger partial charge in [-0.3, -0.25) is 0 Å². The van der Waals surface area contributed by atoms with Crippen LogP contribution in [0.25, 0.3) is 0 Å². The lowest BCUT2D eigenvalue weighted by Crippen LogP contribution is -2.14. The number of hydrogen-bond acceptors (Lipinski definition) is 4. The largest absolute Gasteiger partial charge is 0.478 e. The second-order valence-electron chi connectivity index (χ2n) is 4.89. The third kappa shape index (κ3) is 3.74. The molecule has 1 aromatic carbocycles. The molecule has 0 heterocycles. The van der Waals surface area contributed by atoms with Crippen LogP contribution in [-0.2, 0) is 10.0 Å². The number of carboxylic acids is 1. The molecule has 1 aromatic rings.